The molecule has 1 N–H and O–H groups in total. The van der Waals surface area contributed by atoms with Crippen LogP contribution in [0.15, 0.2) is 67.0 Å². The fourth-order valence-corrected chi connectivity index (χ4v) is 3.20. The zero-order valence-electron chi connectivity index (χ0n) is 13.0. The van der Waals surface area contributed by atoms with Gasteiger partial charge in [0, 0.05) is 0 Å². The molecule has 0 radical (unpaired) electrons. The normalized spacial score (nSPS) is 11.1. The van der Waals surface area contributed by atoms with Crippen molar-refractivity contribution in [2.75, 3.05) is 4.72 Å². The van der Waals surface area contributed by atoms with Crippen molar-refractivity contribution < 1.29 is 17.5 Å². The predicted octanol–water partition coefficient (Wildman–Crippen LogP) is 3.35. The first-order valence-electron chi connectivity index (χ1n) is 7.30. The molecule has 0 unspecified atom stereocenters. The highest BCUT2D eigenvalue weighted by Crippen LogP contribution is 2.18. The van der Waals surface area contributed by atoms with Gasteiger partial charge < -0.3 is 4.74 Å². The number of hydrogen-bond donors (Lipinski definition) is 1. The maximum absolute atomic E-state index is 12.9. The maximum Gasteiger partial charge on any atom is 0.322 e. The van der Waals surface area contributed by atoms with Gasteiger partial charge in [-0.05, 0) is 29.8 Å². The van der Waals surface area contributed by atoms with E-state index in [1.54, 1.807) is 12.1 Å². The van der Waals surface area contributed by atoms with Crippen LogP contribution in [0.4, 0.5) is 10.1 Å². The fourth-order valence-electron chi connectivity index (χ4n) is 2.03. The van der Waals surface area contributed by atoms with Gasteiger partial charge >= 0.3 is 6.01 Å². The van der Waals surface area contributed by atoms with E-state index in [1.807, 2.05) is 18.2 Å². The number of nitrogens with one attached hydrogen (secondary N) is 1. The smallest absolute Gasteiger partial charge is 0.322 e. The average Bonchev–Trinajstić information content (AvgIpc) is 2.59. The van der Waals surface area contributed by atoms with Gasteiger partial charge in [-0.15, -0.1) is 0 Å². The lowest BCUT2D eigenvalue weighted by Crippen LogP contribution is -2.15. The second-order valence-electron chi connectivity index (χ2n) is 5.16. The molecule has 2 aromatic carbocycles. The second-order valence-corrected chi connectivity index (χ2v) is 6.88. The number of anilines is 1. The van der Waals surface area contributed by atoms with Gasteiger partial charge in [-0.25, -0.2) is 22.8 Å². The van der Waals surface area contributed by atoms with Crippen LogP contribution in [-0.4, -0.2) is 18.4 Å². The molecule has 8 heteroatoms. The molecule has 0 amide bonds. The highest BCUT2D eigenvalue weighted by Gasteiger charge is 2.13. The van der Waals surface area contributed by atoms with E-state index in [4.69, 9.17) is 4.74 Å². The fraction of sp³-hybridized carbons (Fsp3) is 0.0588. The third kappa shape index (κ3) is 4.98. The standard InChI is InChI=1S/C17H14FN3O3S/c18-14-8-6-13(7-9-14)12-25(22,23)21-15-10-19-17(20-11-15)24-16-4-2-1-3-5-16/h1-11,21H,12H2. The van der Waals surface area contributed by atoms with Crippen molar-refractivity contribution in [3.8, 4) is 11.8 Å². The van der Waals surface area contributed by atoms with Crippen molar-refractivity contribution in [3.05, 3.63) is 78.4 Å². The minimum Gasteiger partial charge on any atom is -0.424 e. The Morgan fingerprint density at radius 1 is 0.960 bits per heavy atom. The van der Waals surface area contributed by atoms with Crippen LogP contribution in [0.25, 0.3) is 0 Å². The highest BCUT2D eigenvalue weighted by molar-refractivity contribution is 7.91. The van der Waals surface area contributed by atoms with Crippen molar-refractivity contribution in [3.63, 3.8) is 0 Å². The molecule has 0 saturated heterocycles. The zero-order chi connectivity index (χ0) is 17.7. The third-order valence-electron chi connectivity index (χ3n) is 3.12. The van der Waals surface area contributed by atoms with Crippen LogP contribution in [0, 0.1) is 5.82 Å². The lowest BCUT2D eigenvalue weighted by atomic mass is 10.2. The van der Waals surface area contributed by atoms with Crippen molar-refractivity contribution in [1.82, 2.24) is 9.97 Å². The third-order valence-corrected chi connectivity index (χ3v) is 4.38. The van der Waals surface area contributed by atoms with E-state index in [9.17, 15) is 12.8 Å². The highest BCUT2D eigenvalue weighted by atomic mass is 32.2. The molecule has 0 aliphatic heterocycles. The van der Waals surface area contributed by atoms with E-state index in [2.05, 4.69) is 14.7 Å². The number of nitrogens with zero attached hydrogens (tertiary/aromatic N) is 2. The Bertz CT molecular complexity index is 931. The molecule has 3 aromatic rings. The molecule has 1 aromatic heterocycles. The summed E-state index contributed by atoms with van der Waals surface area (Å²) < 4.78 is 44.9. The van der Waals surface area contributed by atoms with Crippen LogP contribution in [0.1, 0.15) is 5.56 Å². The Morgan fingerprint density at radius 3 is 2.24 bits per heavy atom. The summed E-state index contributed by atoms with van der Waals surface area (Å²) in [5.74, 6) is -0.126. The first-order valence-corrected chi connectivity index (χ1v) is 8.95. The molecule has 0 saturated carbocycles. The molecular formula is C17H14FN3O3S. The SMILES string of the molecule is O=S(=O)(Cc1ccc(F)cc1)Nc1cnc(Oc2ccccc2)nc1. The van der Waals surface area contributed by atoms with Crippen LogP contribution in [0.2, 0.25) is 0 Å². The van der Waals surface area contributed by atoms with Crippen LogP contribution in [0.3, 0.4) is 0 Å². The molecule has 128 valence electrons. The van der Waals surface area contributed by atoms with E-state index in [0.29, 0.717) is 11.3 Å². The van der Waals surface area contributed by atoms with Crippen LogP contribution in [0.5, 0.6) is 11.8 Å². The van der Waals surface area contributed by atoms with Crippen molar-refractivity contribution >= 4 is 15.7 Å². The van der Waals surface area contributed by atoms with Gasteiger partial charge in [0.05, 0.1) is 23.8 Å². The summed E-state index contributed by atoms with van der Waals surface area (Å²) in [6.07, 6.45) is 2.63. The summed E-state index contributed by atoms with van der Waals surface area (Å²) in [4.78, 5) is 7.93. The molecular weight excluding hydrogens is 345 g/mol. The van der Waals surface area contributed by atoms with Crippen molar-refractivity contribution in [1.29, 1.82) is 0 Å². The largest absolute Gasteiger partial charge is 0.424 e. The van der Waals surface area contributed by atoms with E-state index in [0.717, 1.165) is 0 Å². The quantitative estimate of drug-likeness (QED) is 0.730. The van der Waals surface area contributed by atoms with E-state index in [1.165, 1.54) is 36.7 Å². The summed E-state index contributed by atoms with van der Waals surface area (Å²) in [7, 11) is -3.67. The molecule has 0 bridgehead atoms. The topological polar surface area (TPSA) is 81.2 Å². The Labute approximate surface area is 144 Å². The van der Waals surface area contributed by atoms with E-state index >= 15 is 0 Å². The molecule has 6 nitrogen and oxygen atoms in total. The summed E-state index contributed by atoms with van der Waals surface area (Å²) in [5, 5.41) is 0. The number of benzene rings is 2. The maximum atomic E-state index is 12.9. The Morgan fingerprint density at radius 2 is 1.60 bits per heavy atom. The van der Waals surface area contributed by atoms with Crippen molar-refractivity contribution in [2.24, 2.45) is 0 Å². The molecule has 0 aliphatic carbocycles. The average molecular weight is 359 g/mol. The number of hydrogen-bond acceptors (Lipinski definition) is 5. The van der Waals surface area contributed by atoms with Gasteiger partial charge in [-0.1, -0.05) is 30.3 Å². The van der Waals surface area contributed by atoms with Crippen LogP contribution >= 0.6 is 0 Å². The van der Waals surface area contributed by atoms with Gasteiger partial charge in [-0.3, -0.25) is 4.72 Å². The minimum absolute atomic E-state index is 0.104. The Balaban J connectivity index is 1.65. The first-order chi connectivity index (χ1) is 12.0. The van der Waals surface area contributed by atoms with Crippen LogP contribution < -0.4 is 9.46 Å². The Hall–Kier alpha value is -3.00. The zero-order valence-corrected chi connectivity index (χ0v) is 13.8. The number of sulfonamides is 1. The van der Waals surface area contributed by atoms with Gasteiger partial charge in [-0.2, -0.15) is 0 Å². The van der Waals surface area contributed by atoms with Crippen LogP contribution in [-0.2, 0) is 15.8 Å². The lowest BCUT2D eigenvalue weighted by Gasteiger charge is -2.08. The molecule has 0 fully saturated rings. The number of ether oxygens (including phenoxy) is 1. The molecule has 0 aliphatic rings. The predicted molar refractivity (Wildman–Crippen MR) is 91.2 cm³/mol. The summed E-state index contributed by atoms with van der Waals surface area (Å²) in [5.41, 5.74) is 0.682. The van der Waals surface area contributed by atoms with E-state index in [-0.39, 0.29) is 17.5 Å². The minimum atomic E-state index is -3.67. The van der Waals surface area contributed by atoms with Crippen molar-refractivity contribution in [2.45, 2.75) is 5.75 Å². The van der Waals surface area contributed by atoms with E-state index < -0.39 is 15.8 Å². The number of para-hydroxylation sites is 1. The summed E-state index contributed by atoms with van der Waals surface area (Å²) in [6.45, 7) is 0. The van der Waals surface area contributed by atoms with Gasteiger partial charge in [0.1, 0.15) is 11.6 Å². The summed E-state index contributed by atoms with van der Waals surface area (Å²) in [6, 6.07) is 14.4. The Kier molecular flexibility index (Phi) is 4.90. The monoisotopic (exact) mass is 359 g/mol. The second kappa shape index (κ2) is 7.27. The number of aromatic nitrogens is 2. The lowest BCUT2D eigenvalue weighted by molar-refractivity contribution is 0.442. The first kappa shape index (κ1) is 16.8. The van der Waals surface area contributed by atoms with Gasteiger partial charge in [0.2, 0.25) is 10.0 Å². The molecule has 1 heterocycles. The molecule has 0 atom stereocenters. The molecule has 3 rings (SSSR count). The number of halogens is 1. The van der Waals surface area contributed by atoms with Gasteiger partial charge in [0.15, 0.2) is 0 Å². The van der Waals surface area contributed by atoms with Gasteiger partial charge in [0.25, 0.3) is 0 Å². The number of rotatable bonds is 6. The molecule has 25 heavy (non-hydrogen) atoms. The summed E-state index contributed by atoms with van der Waals surface area (Å²) >= 11 is 0. The molecule has 0 spiro atoms.